The molecule has 0 atom stereocenters. The highest BCUT2D eigenvalue weighted by Gasteiger charge is 2.06. The summed E-state index contributed by atoms with van der Waals surface area (Å²) in [7, 11) is 0. The summed E-state index contributed by atoms with van der Waals surface area (Å²) in [6.07, 6.45) is 0. The van der Waals surface area contributed by atoms with E-state index in [-0.39, 0.29) is 0 Å². The number of thiol groups is 1. The fourth-order valence-corrected chi connectivity index (χ4v) is 3.30. The molecule has 0 unspecified atom stereocenters. The van der Waals surface area contributed by atoms with Gasteiger partial charge in [0.1, 0.15) is 0 Å². The summed E-state index contributed by atoms with van der Waals surface area (Å²) < 4.78 is 2.38. The summed E-state index contributed by atoms with van der Waals surface area (Å²) in [5.74, 6) is 0. The van der Waals surface area contributed by atoms with E-state index in [0.29, 0.717) is 0 Å². The van der Waals surface area contributed by atoms with Crippen molar-refractivity contribution in [3.63, 3.8) is 0 Å². The Labute approximate surface area is 93.5 Å². The van der Waals surface area contributed by atoms with Crippen LogP contribution < -0.4 is 5.73 Å². The molecule has 2 rings (SSSR count). The summed E-state index contributed by atoms with van der Waals surface area (Å²) in [6, 6.07) is 4.04. The third kappa shape index (κ3) is 1.22. The largest absolute Gasteiger partial charge is 0.398 e. The van der Waals surface area contributed by atoms with Crippen molar-refractivity contribution in [2.24, 2.45) is 0 Å². The van der Waals surface area contributed by atoms with E-state index in [0.717, 1.165) is 16.0 Å². The maximum atomic E-state index is 5.82. The fourth-order valence-electron chi connectivity index (χ4n) is 1.12. The maximum absolute atomic E-state index is 5.82. The monoisotopic (exact) mass is 307 g/mol. The lowest BCUT2D eigenvalue weighted by Crippen LogP contribution is -1.83. The Bertz CT molecular complexity index is 436. The number of nitrogens with two attached hydrogens (primary N) is 1. The Hall–Kier alpha value is 0.0600. The van der Waals surface area contributed by atoms with Crippen molar-refractivity contribution in [1.29, 1.82) is 0 Å². The molecule has 0 amide bonds. The van der Waals surface area contributed by atoms with Crippen molar-refractivity contribution in [2.75, 3.05) is 5.73 Å². The molecule has 1 nitrogen and oxygen atoms in total. The van der Waals surface area contributed by atoms with Crippen LogP contribution in [0.15, 0.2) is 22.4 Å². The highest BCUT2D eigenvalue weighted by Crippen LogP contribution is 2.35. The van der Waals surface area contributed by atoms with E-state index >= 15 is 0 Å². The third-order valence-corrected chi connectivity index (χ3v) is 4.13. The SMILES string of the molecule is Nc1csc2c(S)ccc(I)c12. The molecule has 1 aromatic heterocycles. The number of fused-ring (bicyclic) bond motifs is 1. The molecule has 0 aliphatic rings. The number of nitrogen functional groups attached to an aromatic ring is 1. The summed E-state index contributed by atoms with van der Waals surface area (Å²) >= 11 is 8.30. The smallest absolute Gasteiger partial charge is 0.0513 e. The zero-order valence-corrected chi connectivity index (χ0v) is 9.91. The highest BCUT2D eigenvalue weighted by molar-refractivity contribution is 14.1. The van der Waals surface area contributed by atoms with Crippen LogP contribution in [0.25, 0.3) is 10.1 Å². The molecule has 1 aromatic carbocycles. The molecule has 0 fully saturated rings. The number of hydrogen-bond acceptors (Lipinski definition) is 3. The number of rotatable bonds is 0. The molecular weight excluding hydrogens is 301 g/mol. The van der Waals surface area contributed by atoms with Crippen LogP contribution in [0.4, 0.5) is 5.69 Å². The quantitative estimate of drug-likeness (QED) is 0.566. The average molecular weight is 307 g/mol. The van der Waals surface area contributed by atoms with Crippen molar-refractivity contribution < 1.29 is 0 Å². The van der Waals surface area contributed by atoms with E-state index in [1.165, 1.54) is 8.27 Å². The van der Waals surface area contributed by atoms with Crippen molar-refractivity contribution in [3.05, 3.63) is 21.1 Å². The highest BCUT2D eigenvalue weighted by atomic mass is 127. The molecule has 0 aliphatic carbocycles. The number of benzene rings is 1. The first-order chi connectivity index (χ1) is 5.70. The van der Waals surface area contributed by atoms with Crippen molar-refractivity contribution in [3.8, 4) is 0 Å². The summed E-state index contributed by atoms with van der Waals surface area (Å²) in [5, 5.41) is 3.11. The van der Waals surface area contributed by atoms with Gasteiger partial charge in [0, 0.05) is 19.2 Å². The van der Waals surface area contributed by atoms with Gasteiger partial charge in [-0.25, -0.2) is 0 Å². The lowest BCUT2D eigenvalue weighted by molar-refractivity contribution is 1.58. The van der Waals surface area contributed by atoms with Gasteiger partial charge in [0.15, 0.2) is 0 Å². The number of thiophene rings is 1. The Morgan fingerprint density at radius 2 is 2.17 bits per heavy atom. The first-order valence-electron chi connectivity index (χ1n) is 3.34. The molecule has 2 aromatic rings. The van der Waals surface area contributed by atoms with Crippen molar-refractivity contribution in [1.82, 2.24) is 0 Å². The van der Waals surface area contributed by atoms with Gasteiger partial charge in [-0.3, -0.25) is 0 Å². The van der Waals surface area contributed by atoms with E-state index in [1.54, 1.807) is 11.3 Å². The van der Waals surface area contributed by atoms with Crippen molar-refractivity contribution >= 4 is 62.3 Å². The van der Waals surface area contributed by atoms with Gasteiger partial charge in [-0.1, -0.05) is 0 Å². The zero-order chi connectivity index (χ0) is 8.72. The van der Waals surface area contributed by atoms with E-state index < -0.39 is 0 Å². The van der Waals surface area contributed by atoms with Crippen LogP contribution >= 0.6 is 46.6 Å². The Kier molecular flexibility index (Phi) is 2.22. The number of anilines is 1. The van der Waals surface area contributed by atoms with Crippen LogP contribution in [-0.2, 0) is 0 Å². The molecule has 0 saturated carbocycles. The van der Waals surface area contributed by atoms with Crippen LogP contribution in [0.3, 0.4) is 0 Å². The van der Waals surface area contributed by atoms with Gasteiger partial charge in [0.05, 0.1) is 10.4 Å². The maximum Gasteiger partial charge on any atom is 0.0513 e. The molecule has 4 heteroatoms. The second-order valence-corrected chi connectivity index (χ2v) is 4.99. The average Bonchev–Trinajstić information content (AvgIpc) is 2.42. The van der Waals surface area contributed by atoms with Crippen LogP contribution in [0.1, 0.15) is 0 Å². The first kappa shape index (κ1) is 8.65. The van der Waals surface area contributed by atoms with Crippen LogP contribution in [-0.4, -0.2) is 0 Å². The Balaban J connectivity index is 2.98. The van der Waals surface area contributed by atoms with Gasteiger partial charge in [-0.15, -0.1) is 24.0 Å². The molecule has 0 saturated heterocycles. The minimum Gasteiger partial charge on any atom is -0.398 e. The lowest BCUT2D eigenvalue weighted by Gasteiger charge is -1.97. The van der Waals surface area contributed by atoms with Gasteiger partial charge in [0.2, 0.25) is 0 Å². The minimum atomic E-state index is 0.857. The Morgan fingerprint density at radius 3 is 2.83 bits per heavy atom. The van der Waals surface area contributed by atoms with Gasteiger partial charge in [-0.05, 0) is 34.7 Å². The molecule has 0 bridgehead atoms. The fraction of sp³-hybridized carbons (Fsp3) is 0. The second kappa shape index (κ2) is 3.08. The lowest BCUT2D eigenvalue weighted by atomic mass is 10.2. The standard InChI is InChI=1S/C8H6INS2/c9-4-1-2-6(11)8-7(4)5(10)3-12-8/h1-3,11H,10H2. The predicted molar refractivity (Wildman–Crippen MR) is 66.2 cm³/mol. The Morgan fingerprint density at radius 1 is 1.42 bits per heavy atom. The van der Waals surface area contributed by atoms with E-state index in [1.807, 2.05) is 17.5 Å². The number of hydrogen-bond donors (Lipinski definition) is 2. The molecule has 62 valence electrons. The van der Waals surface area contributed by atoms with Crippen LogP contribution in [0.2, 0.25) is 0 Å². The minimum absolute atomic E-state index is 0.857. The van der Waals surface area contributed by atoms with E-state index in [4.69, 9.17) is 5.73 Å². The molecule has 0 spiro atoms. The van der Waals surface area contributed by atoms with E-state index in [9.17, 15) is 0 Å². The van der Waals surface area contributed by atoms with E-state index in [2.05, 4.69) is 35.2 Å². The molecular formula is C8H6INS2. The third-order valence-electron chi connectivity index (χ3n) is 1.68. The van der Waals surface area contributed by atoms with Crippen LogP contribution in [0, 0.1) is 3.57 Å². The molecule has 0 radical (unpaired) electrons. The first-order valence-corrected chi connectivity index (χ1v) is 5.75. The molecule has 12 heavy (non-hydrogen) atoms. The summed E-state index contributed by atoms with van der Waals surface area (Å²) in [6.45, 7) is 0. The molecule has 0 aliphatic heterocycles. The van der Waals surface area contributed by atoms with Crippen molar-refractivity contribution in [2.45, 2.75) is 4.90 Å². The number of halogens is 1. The normalized spacial score (nSPS) is 10.8. The summed E-state index contributed by atoms with van der Waals surface area (Å²) in [5.41, 5.74) is 6.67. The topological polar surface area (TPSA) is 26.0 Å². The summed E-state index contributed by atoms with van der Waals surface area (Å²) in [4.78, 5) is 1.01. The zero-order valence-electron chi connectivity index (χ0n) is 6.04. The van der Waals surface area contributed by atoms with Gasteiger partial charge < -0.3 is 5.73 Å². The second-order valence-electron chi connectivity index (χ2n) is 2.46. The predicted octanol–water partition coefficient (Wildman–Crippen LogP) is 3.38. The molecule has 2 N–H and O–H groups in total. The molecule has 1 heterocycles. The van der Waals surface area contributed by atoms with Gasteiger partial charge in [-0.2, -0.15) is 0 Å². The van der Waals surface area contributed by atoms with Gasteiger partial charge in [0.25, 0.3) is 0 Å². The van der Waals surface area contributed by atoms with Crippen LogP contribution in [0.5, 0.6) is 0 Å². The van der Waals surface area contributed by atoms with Gasteiger partial charge >= 0.3 is 0 Å².